The molecular weight excluding hydrogens is 224 g/mol. The van der Waals surface area contributed by atoms with Gasteiger partial charge in [-0.3, -0.25) is 4.79 Å². The second-order valence-electron chi connectivity index (χ2n) is 4.77. The van der Waals surface area contributed by atoms with Crippen LogP contribution in [0.2, 0.25) is 0 Å². The van der Waals surface area contributed by atoms with Crippen molar-refractivity contribution < 1.29 is 4.79 Å². The molecule has 3 nitrogen and oxygen atoms in total. The molecule has 100 valence electrons. The molecule has 1 amide bonds. The molecule has 0 saturated carbocycles. The minimum Gasteiger partial charge on any atom is -0.399 e. The lowest BCUT2D eigenvalue weighted by Crippen LogP contribution is -2.35. The van der Waals surface area contributed by atoms with Crippen molar-refractivity contribution in [3.63, 3.8) is 0 Å². The fraction of sp³-hybridized carbons (Fsp3) is 0.533. The summed E-state index contributed by atoms with van der Waals surface area (Å²) in [7, 11) is 0. The predicted octanol–water partition coefficient (Wildman–Crippen LogP) is 3.45. The zero-order valence-electron chi connectivity index (χ0n) is 11.6. The largest absolute Gasteiger partial charge is 0.399 e. The molecule has 1 aromatic carbocycles. The van der Waals surface area contributed by atoms with Crippen molar-refractivity contribution in [3.8, 4) is 0 Å². The standard InChI is InChI=1S/C15H24N2O/c1-4-6-12(3)15(18)17(11-5-2)14-9-7-13(16)8-10-14/h7-10,12H,4-6,11,16H2,1-3H3. The number of amides is 1. The maximum absolute atomic E-state index is 12.4. The van der Waals surface area contributed by atoms with Gasteiger partial charge in [0.15, 0.2) is 0 Å². The van der Waals surface area contributed by atoms with Gasteiger partial charge in [0.25, 0.3) is 0 Å². The van der Waals surface area contributed by atoms with Gasteiger partial charge < -0.3 is 10.6 Å². The van der Waals surface area contributed by atoms with Crippen molar-refractivity contribution in [2.24, 2.45) is 5.92 Å². The molecule has 0 aliphatic rings. The number of benzene rings is 1. The number of nitrogens with zero attached hydrogens (tertiary/aromatic N) is 1. The van der Waals surface area contributed by atoms with Crippen LogP contribution >= 0.6 is 0 Å². The maximum Gasteiger partial charge on any atom is 0.229 e. The van der Waals surface area contributed by atoms with E-state index in [1.165, 1.54) is 0 Å². The van der Waals surface area contributed by atoms with Crippen LogP contribution in [0.5, 0.6) is 0 Å². The Balaban J connectivity index is 2.87. The van der Waals surface area contributed by atoms with E-state index in [9.17, 15) is 4.79 Å². The second-order valence-corrected chi connectivity index (χ2v) is 4.77. The summed E-state index contributed by atoms with van der Waals surface area (Å²) in [5.74, 6) is 0.294. The van der Waals surface area contributed by atoms with E-state index in [1.54, 1.807) is 0 Å². The van der Waals surface area contributed by atoms with Gasteiger partial charge in [0.05, 0.1) is 0 Å². The molecule has 0 aliphatic carbocycles. The van der Waals surface area contributed by atoms with E-state index in [2.05, 4.69) is 13.8 Å². The molecule has 0 bridgehead atoms. The average Bonchev–Trinajstić information content (AvgIpc) is 2.37. The third kappa shape index (κ3) is 3.76. The summed E-state index contributed by atoms with van der Waals surface area (Å²) < 4.78 is 0. The number of rotatable bonds is 6. The maximum atomic E-state index is 12.4. The molecule has 1 aromatic rings. The highest BCUT2D eigenvalue weighted by Crippen LogP contribution is 2.20. The number of nitrogen functional groups attached to an aromatic ring is 1. The molecule has 1 unspecified atom stereocenters. The molecule has 18 heavy (non-hydrogen) atoms. The molecule has 1 atom stereocenters. The van der Waals surface area contributed by atoms with E-state index in [-0.39, 0.29) is 11.8 Å². The quantitative estimate of drug-likeness (QED) is 0.784. The normalized spacial score (nSPS) is 12.2. The van der Waals surface area contributed by atoms with Crippen LogP contribution < -0.4 is 10.6 Å². The Labute approximate surface area is 110 Å². The van der Waals surface area contributed by atoms with Gasteiger partial charge in [0.2, 0.25) is 5.91 Å². The van der Waals surface area contributed by atoms with Crippen molar-refractivity contribution in [3.05, 3.63) is 24.3 Å². The molecule has 0 saturated heterocycles. The van der Waals surface area contributed by atoms with Crippen molar-refractivity contribution in [2.75, 3.05) is 17.2 Å². The van der Waals surface area contributed by atoms with Crippen LogP contribution in [0.15, 0.2) is 24.3 Å². The Morgan fingerprint density at radius 1 is 1.22 bits per heavy atom. The first kappa shape index (κ1) is 14.6. The summed E-state index contributed by atoms with van der Waals surface area (Å²) in [5, 5.41) is 0. The Morgan fingerprint density at radius 3 is 2.33 bits per heavy atom. The van der Waals surface area contributed by atoms with Crippen LogP contribution in [0.1, 0.15) is 40.0 Å². The Hall–Kier alpha value is -1.51. The van der Waals surface area contributed by atoms with Crippen LogP contribution in [0.25, 0.3) is 0 Å². The summed E-state index contributed by atoms with van der Waals surface area (Å²) in [4.78, 5) is 14.3. The fourth-order valence-electron chi connectivity index (χ4n) is 2.07. The molecule has 0 heterocycles. The molecule has 2 N–H and O–H groups in total. The minimum atomic E-state index is 0.0825. The van der Waals surface area contributed by atoms with Crippen LogP contribution in [0.3, 0.4) is 0 Å². The highest BCUT2D eigenvalue weighted by Gasteiger charge is 2.20. The van der Waals surface area contributed by atoms with Crippen LogP contribution in [-0.4, -0.2) is 12.5 Å². The fourth-order valence-corrected chi connectivity index (χ4v) is 2.07. The van der Waals surface area contributed by atoms with E-state index in [1.807, 2.05) is 36.1 Å². The molecule has 0 aromatic heterocycles. The Kier molecular flexibility index (Phi) is 5.69. The summed E-state index contributed by atoms with van der Waals surface area (Å²) in [5.41, 5.74) is 7.35. The second kappa shape index (κ2) is 7.04. The van der Waals surface area contributed by atoms with E-state index >= 15 is 0 Å². The van der Waals surface area contributed by atoms with E-state index in [4.69, 9.17) is 5.73 Å². The van der Waals surface area contributed by atoms with Gasteiger partial charge in [0, 0.05) is 23.8 Å². The smallest absolute Gasteiger partial charge is 0.229 e. The molecule has 0 spiro atoms. The van der Waals surface area contributed by atoms with Crippen molar-refractivity contribution in [2.45, 2.75) is 40.0 Å². The summed E-state index contributed by atoms with van der Waals surface area (Å²) >= 11 is 0. The van der Waals surface area contributed by atoms with Gasteiger partial charge in [-0.05, 0) is 37.1 Å². The minimum absolute atomic E-state index is 0.0825. The average molecular weight is 248 g/mol. The van der Waals surface area contributed by atoms with Crippen LogP contribution in [-0.2, 0) is 4.79 Å². The lowest BCUT2D eigenvalue weighted by atomic mass is 10.0. The van der Waals surface area contributed by atoms with Crippen molar-refractivity contribution in [1.82, 2.24) is 0 Å². The number of hydrogen-bond acceptors (Lipinski definition) is 2. The van der Waals surface area contributed by atoms with Gasteiger partial charge in [-0.25, -0.2) is 0 Å². The first-order chi connectivity index (χ1) is 8.60. The SMILES string of the molecule is CCCC(C)C(=O)N(CCC)c1ccc(N)cc1. The Morgan fingerprint density at radius 2 is 1.83 bits per heavy atom. The number of nitrogens with two attached hydrogens (primary N) is 1. The predicted molar refractivity (Wildman–Crippen MR) is 77.6 cm³/mol. The van der Waals surface area contributed by atoms with E-state index in [0.717, 1.165) is 37.2 Å². The molecule has 3 heteroatoms. The summed E-state index contributed by atoms with van der Waals surface area (Å²) in [6, 6.07) is 7.52. The van der Waals surface area contributed by atoms with Crippen molar-refractivity contribution in [1.29, 1.82) is 0 Å². The van der Waals surface area contributed by atoms with Crippen LogP contribution in [0, 0.1) is 5.92 Å². The lowest BCUT2D eigenvalue weighted by molar-refractivity contribution is -0.122. The Bertz CT molecular complexity index is 373. The molecular formula is C15H24N2O. The molecule has 0 radical (unpaired) electrons. The third-order valence-corrected chi connectivity index (χ3v) is 3.06. The summed E-state index contributed by atoms with van der Waals surface area (Å²) in [6.07, 6.45) is 2.93. The van der Waals surface area contributed by atoms with Gasteiger partial charge >= 0.3 is 0 Å². The first-order valence-corrected chi connectivity index (χ1v) is 6.77. The summed E-state index contributed by atoms with van der Waals surface area (Å²) in [6.45, 7) is 6.96. The number of carbonyl (C=O) groups is 1. The number of anilines is 2. The highest BCUT2D eigenvalue weighted by molar-refractivity contribution is 5.94. The highest BCUT2D eigenvalue weighted by atomic mass is 16.2. The van der Waals surface area contributed by atoms with Crippen LogP contribution in [0.4, 0.5) is 11.4 Å². The van der Waals surface area contributed by atoms with Gasteiger partial charge in [-0.2, -0.15) is 0 Å². The zero-order chi connectivity index (χ0) is 13.5. The lowest BCUT2D eigenvalue weighted by Gasteiger charge is -2.25. The van der Waals surface area contributed by atoms with Gasteiger partial charge in [-0.15, -0.1) is 0 Å². The topological polar surface area (TPSA) is 46.3 Å². The number of hydrogen-bond donors (Lipinski definition) is 1. The van der Waals surface area contributed by atoms with Gasteiger partial charge in [0.1, 0.15) is 0 Å². The monoisotopic (exact) mass is 248 g/mol. The van der Waals surface area contributed by atoms with Crippen molar-refractivity contribution >= 4 is 17.3 Å². The third-order valence-electron chi connectivity index (χ3n) is 3.06. The zero-order valence-corrected chi connectivity index (χ0v) is 11.6. The number of carbonyl (C=O) groups excluding carboxylic acids is 1. The molecule has 0 aliphatic heterocycles. The van der Waals surface area contributed by atoms with E-state index < -0.39 is 0 Å². The first-order valence-electron chi connectivity index (χ1n) is 6.77. The van der Waals surface area contributed by atoms with E-state index in [0.29, 0.717) is 0 Å². The molecule has 0 fully saturated rings. The van der Waals surface area contributed by atoms with Gasteiger partial charge in [-0.1, -0.05) is 27.2 Å². The molecule has 1 rings (SSSR count).